The molecular formula is C15H26N2. The summed E-state index contributed by atoms with van der Waals surface area (Å²) in [5.41, 5.74) is 12.6. The van der Waals surface area contributed by atoms with Crippen LogP contribution in [0.25, 0.3) is 0 Å². The Bertz CT molecular complexity index is 285. The zero-order valence-corrected chi connectivity index (χ0v) is 10.8. The standard InChI is InChI=1S/C15H26N2/c1-4-9-14(10-5-2)12-7-8-13(16)15(14,17)11-6-3/h4-6,13H,1-3,7-12,16-17H2. The largest absolute Gasteiger partial charge is 0.326 e. The Kier molecular flexibility index (Phi) is 4.72. The van der Waals surface area contributed by atoms with E-state index in [1.165, 1.54) is 0 Å². The minimum atomic E-state index is -0.380. The van der Waals surface area contributed by atoms with Gasteiger partial charge in [0.05, 0.1) is 0 Å². The van der Waals surface area contributed by atoms with E-state index in [2.05, 4.69) is 19.7 Å². The van der Waals surface area contributed by atoms with Crippen LogP contribution >= 0.6 is 0 Å². The van der Waals surface area contributed by atoms with Crippen molar-refractivity contribution < 1.29 is 0 Å². The third kappa shape index (κ3) is 2.38. The van der Waals surface area contributed by atoms with Crippen LogP contribution in [0.5, 0.6) is 0 Å². The Morgan fingerprint density at radius 3 is 2.06 bits per heavy atom. The Morgan fingerprint density at radius 2 is 1.59 bits per heavy atom. The van der Waals surface area contributed by atoms with Gasteiger partial charge in [-0.2, -0.15) is 0 Å². The van der Waals surface area contributed by atoms with Gasteiger partial charge in [0.15, 0.2) is 0 Å². The van der Waals surface area contributed by atoms with Gasteiger partial charge in [-0.25, -0.2) is 0 Å². The summed E-state index contributed by atoms with van der Waals surface area (Å²) in [6.45, 7) is 11.6. The summed E-state index contributed by atoms with van der Waals surface area (Å²) in [5, 5.41) is 0. The highest BCUT2D eigenvalue weighted by molar-refractivity contribution is 5.15. The first kappa shape index (κ1) is 14.2. The molecule has 1 rings (SSSR count). The van der Waals surface area contributed by atoms with Crippen LogP contribution in [0, 0.1) is 5.41 Å². The van der Waals surface area contributed by atoms with Gasteiger partial charge in [-0.05, 0) is 37.5 Å². The van der Waals surface area contributed by atoms with Crippen LogP contribution in [0.3, 0.4) is 0 Å². The SMILES string of the molecule is C=CCC1(CC=C)CCCC(N)C1(N)CC=C. The van der Waals surface area contributed by atoms with Gasteiger partial charge in [-0.1, -0.05) is 24.6 Å². The van der Waals surface area contributed by atoms with Gasteiger partial charge in [-0.15, -0.1) is 19.7 Å². The molecule has 2 heteroatoms. The van der Waals surface area contributed by atoms with Crippen molar-refractivity contribution in [2.45, 2.75) is 50.1 Å². The first-order chi connectivity index (χ1) is 8.06. The molecule has 0 heterocycles. The normalized spacial score (nSPS) is 31.8. The van der Waals surface area contributed by atoms with Crippen LogP contribution in [-0.2, 0) is 0 Å². The lowest BCUT2D eigenvalue weighted by atomic mass is 9.55. The van der Waals surface area contributed by atoms with Crippen LogP contribution < -0.4 is 11.5 Å². The Hall–Kier alpha value is -0.860. The molecule has 0 aromatic rings. The van der Waals surface area contributed by atoms with E-state index in [-0.39, 0.29) is 17.0 Å². The van der Waals surface area contributed by atoms with Gasteiger partial charge in [0.25, 0.3) is 0 Å². The molecule has 2 unspecified atom stereocenters. The quantitative estimate of drug-likeness (QED) is 0.694. The van der Waals surface area contributed by atoms with Crippen LogP contribution in [0.2, 0.25) is 0 Å². The minimum absolute atomic E-state index is 0.00234. The average Bonchev–Trinajstić information content (AvgIpc) is 2.27. The molecule has 96 valence electrons. The van der Waals surface area contributed by atoms with E-state index in [9.17, 15) is 0 Å². The molecule has 4 N–H and O–H groups in total. The molecule has 0 spiro atoms. The van der Waals surface area contributed by atoms with Crippen molar-refractivity contribution >= 4 is 0 Å². The van der Waals surface area contributed by atoms with E-state index in [0.717, 1.165) is 38.5 Å². The fourth-order valence-corrected chi connectivity index (χ4v) is 3.37. The maximum atomic E-state index is 6.67. The van der Waals surface area contributed by atoms with Crippen molar-refractivity contribution in [3.8, 4) is 0 Å². The van der Waals surface area contributed by atoms with Crippen molar-refractivity contribution in [1.29, 1.82) is 0 Å². The van der Waals surface area contributed by atoms with Crippen molar-refractivity contribution in [2.75, 3.05) is 0 Å². The number of hydrogen-bond donors (Lipinski definition) is 2. The van der Waals surface area contributed by atoms with Crippen molar-refractivity contribution in [1.82, 2.24) is 0 Å². The Labute approximate surface area is 105 Å². The number of nitrogens with two attached hydrogens (primary N) is 2. The lowest BCUT2D eigenvalue weighted by Crippen LogP contribution is -2.67. The van der Waals surface area contributed by atoms with Crippen LogP contribution in [0.15, 0.2) is 38.0 Å². The molecule has 0 aliphatic heterocycles. The molecule has 0 aromatic carbocycles. The highest BCUT2D eigenvalue weighted by Gasteiger charge is 2.51. The molecule has 0 aromatic heterocycles. The third-order valence-corrected chi connectivity index (χ3v) is 4.37. The molecule has 1 fully saturated rings. The van der Waals surface area contributed by atoms with Crippen LogP contribution in [-0.4, -0.2) is 11.6 Å². The maximum Gasteiger partial charge on any atom is 0.0405 e. The summed E-state index contributed by atoms with van der Waals surface area (Å²) in [6.07, 6.45) is 11.6. The van der Waals surface area contributed by atoms with Crippen molar-refractivity contribution in [2.24, 2.45) is 16.9 Å². The number of rotatable bonds is 6. The van der Waals surface area contributed by atoms with Gasteiger partial charge in [0, 0.05) is 11.6 Å². The molecule has 0 amide bonds. The second kappa shape index (κ2) is 5.65. The number of hydrogen-bond acceptors (Lipinski definition) is 2. The summed E-state index contributed by atoms with van der Waals surface area (Å²) in [4.78, 5) is 0. The van der Waals surface area contributed by atoms with Gasteiger partial charge in [0.1, 0.15) is 0 Å². The van der Waals surface area contributed by atoms with E-state index in [0.29, 0.717) is 0 Å². The summed E-state index contributed by atoms with van der Waals surface area (Å²) >= 11 is 0. The fourth-order valence-electron chi connectivity index (χ4n) is 3.37. The zero-order chi connectivity index (χ0) is 12.9. The van der Waals surface area contributed by atoms with Gasteiger partial charge < -0.3 is 11.5 Å². The second-order valence-electron chi connectivity index (χ2n) is 5.30. The molecule has 1 aliphatic carbocycles. The highest BCUT2D eigenvalue weighted by atomic mass is 14.9. The summed E-state index contributed by atoms with van der Waals surface area (Å²) in [5.74, 6) is 0. The fraction of sp³-hybridized carbons (Fsp3) is 0.600. The highest BCUT2D eigenvalue weighted by Crippen LogP contribution is 2.49. The van der Waals surface area contributed by atoms with E-state index in [4.69, 9.17) is 11.5 Å². The van der Waals surface area contributed by atoms with Crippen LogP contribution in [0.1, 0.15) is 38.5 Å². The molecule has 17 heavy (non-hydrogen) atoms. The van der Waals surface area contributed by atoms with Crippen molar-refractivity contribution in [3.05, 3.63) is 38.0 Å². The van der Waals surface area contributed by atoms with E-state index < -0.39 is 0 Å². The Morgan fingerprint density at radius 1 is 1.06 bits per heavy atom. The summed E-state index contributed by atoms with van der Waals surface area (Å²) in [6, 6.07) is 0.0362. The molecule has 1 aliphatic rings. The topological polar surface area (TPSA) is 52.0 Å². The second-order valence-corrected chi connectivity index (χ2v) is 5.30. The van der Waals surface area contributed by atoms with E-state index >= 15 is 0 Å². The minimum Gasteiger partial charge on any atom is -0.326 e. The molecule has 0 radical (unpaired) electrons. The lowest BCUT2D eigenvalue weighted by Gasteiger charge is -2.54. The molecule has 0 saturated heterocycles. The average molecular weight is 234 g/mol. The first-order valence-electron chi connectivity index (χ1n) is 6.43. The predicted molar refractivity (Wildman–Crippen MR) is 75.6 cm³/mol. The van der Waals surface area contributed by atoms with Gasteiger partial charge >= 0.3 is 0 Å². The molecule has 1 saturated carbocycles. The van der Waals surface area contributed by atoms with E-state index in [1.807, 2.05) is 18.2 Å². The van der Waals surface area contributed by atoms with E-state index in [1.54, 1.807) is 0 Å². The Balaban J connectivity index is 3.14. The van der Waals surface area contributed by atoms with Crippen molar-refractivity contribution in [3.63, 3.8) is 0 Å². The zero-order valence-electron chi connectivity index (χ0n) is 10.8. The summed E-state index contributed by atoms with van der Waals surface area (Å²) < 4.78 is 0. The van der Waals surface area contributed by atoms with Gasteiger partial charge in [0.2, 0.25) is 0 Å². The maximum absolute atomic E-state index is 6.67. The smallest absolute Gasteiger partial charge is 0.0405 e. The molecular weight excluding hydrogens is 208 g/mol. The summed E-state index contributed by atoms with van der Waals surface area (Å²) in [7, 11) is 0. The van der Waals surface area contributed by atoms with Gasteiger partial charge in [-0.3, -0.25) is 0 Å². The lowest BCUT2D eigenvalue weighted by molar-refractivity contribution is 0.0488. The monoisotopic (exact) mass is 234 g/mol. The molecule has 0 bridgehead atoms. The molecule has 2 atom stereocenters. The predicted octanol–water partition coefficient (Wildman–Crippen LogP) is 2.91. The van der Waals surface area contributed by atoms with Crippen LogP contribution in [0.4, 0.5) is 0 Å². The number of allylic oxidation sites excluding steroid dienone is 2. The molecule has 2 nitrogen and oxygen atoms in total. The third-order valence-electron chi connectivity index (χ3n) is 4.37. The first-order valence-corrected chi connectivity index (χ1v) is 6.43.